The highest BCUT2D eigenvalue weighted by Gasteiger charge is 2.42. The van der Waals surface area contributed by atoms with Crippen LogP contribution < -0.4 is 20.1 Å². The van der Waals surface area contributed by atoms with Crippen molar-refractivity contribution in [3.8, 4) is 5.75 Å². The van der Waals surface area contributed by atoms with Crippen molar-refractivity contribution in [3.63, 3.8) is 0 Å². The molecule has 0 spiro atoms. The minimum atomic E-state index is -4.74. The van der Waals surface area contributed by atoms with Gasteiger partial charge in [0.2, 0.25) is 10.0 Å². The van der Waals surface area contributed by atoms with Gasteiger partial charge in [0.15, 0.2) is 11.4 Å². The molecule has 0 bridgehead atoms. The van der Waals surface area contributed by atoms with Crippen molar-refractivity contribution in [3.05, 3.63) is 41.5 Å². The van der Waals surface area contributed by atoms with Gasteiger partial charge < -0.3 is 24.8 Å². The molecule has 16 heteroatoms. The largest absolute Gasteiger partial charge is 0.489 e. The predicted molar refractivity (Wildman–Crippen MR) is 132 cm³/mol. The van der Waals surface area contributed by atoms with E-state index in [0.717, 1.165) is 4.90 Å². The van der Waals surface area contributed by atoms with Crippen LogP contribution in [0.5, 0.6) is 5.75 Å². The fourth-order valence-electron chi connectivity index (χ4n) is 4.54. The van der Waals surface area contributed by atoms with Gasteiger partial charge in [0.1, 0.15) is 16.8 Å². The van der Waals surface area contributed by atoms with Crippen LogP contribution in [0.15, 0.2) is 29.3 Å². The SMILES string of the molecule is Cc1cc(NC(=O)c2c3c(cn2C)S(=O)(=O)NC2CN(C(=O)C(=O)N[C@H](C)C(F)(F)F)CCC2CO3)ccc1F. The Kier molecular flexibility index (Phi) is 7.86. The minimum Gasteiger partial charge on any atom is -0.489 e. The zero-order chi connectivity index (χ0) is 29.6. The van der Waals surface area contributed by atoms with Crippen LogP contribution in [0.1, 0.15) is 29.4 Å². The Labute approximate surface area is 226 Å². The molecule has 0 radical (unpaired) electrons. The molecule has 1 saturated heterocycles. The van der Waals surface area contributed by atoms with E-state index in [1.807, 2.05) is 0 Å². The lowest BCUT2D eigenvalue weighted by atomic mass is 9.93. The van der Waals surface area contributed by atoms with Crippen LogP contribution in [0.2, 0.25) is 0 Å². The van der Waals surface area contributed by atoms with Crippen LogP contribution in [0.4, 0.5) is 23.2 Å². The summed E-state index contributed by atoms with van der Waals surface area (Å²) in [7, 11) is -2.87. The molecule has 218 valence electrons. The van der Waals surface area contributed by atoms with Gasteiger partial charge in [-0.2, -0.15) is 13.2 Å². The van der Waals surface area contributed by atoms with Crippen LogP contribution in [-0.2, 0) is 26.7 Å². The van der Waals surface area contributed by atoms with E-state index in [2.05, 4.69) is 10.0 Å². The number of sulfonamides is 1. The molecule has 40 heavy (non-hydrogen) atoms. The monoisotopic (exact) mass is 589 g/mol. The molecule has 11 nitrogen and oxygen atoms in total. The second-order valence-corrected chi connectivity index (χ2v) is 11.5. The minimum absolute atomic E-state index is 0.0299. The number of rotatable bonds is 3. The summed E-state index contributed by atoms with van der Waals surface area (Å²) in [6.45, 7) is 1.86. The van der Waals surface area contributed by atoms with Crippen molar-refractivity contribution < 1.29 is 45.1 Å². The highest BCUT2D eigenvalue weighted by molar-refractivity contribution is 7.89. The standard InChI is InChI=1S/C24H27F4N5O6S/c1-12-8-15(4-5-16(12)25)30-21(34)19-20-18(10-32(19)3)40(37,38)31-17-9-33(7-6-14(17)11-39-20)23(36)22(35)29-13(2)24(26,27)28/h4-5,8,10,13-14,17,31H,6-7,9,11H2,1-3H3,(H,29,35)(H,30,34)/t13-,14?,17?/m1/s1. The highest BCUT2D eigenvalue weighted by Crippen LogP contribution is 2.35. The molecule has 3 amide bonds. The Morgan fingerprint density at radius 3 is 2.58 bits per heavy atom. The van der Waals surface area contributed by atoms with Crippen molar-refractivity contribution in [1.29, 1.82) is 0 Å². The summed E-state index contributed by atoms with van der Waals surface area (Å²) in [5, 5.41) is 4.21. The van der Waals surface area contributed by atoms with Crippen molar-refractivity contribution >= 4 is 33.4 Å². The zero-order valence-corrected chi connectivity index (χ0v) is 22.5. The Morgan fingerprint density at radius 2 is 1.93 bits per heavy atom. The van der Waals surface area contributed by atoms with Crippen molar-refractivity contribution in [2.75, 3.05) is 25.0 Å². The first-order valence-corrected chi connectivity index (χ1v) is 13.6. The summed E-state index contributed by atoms with van der Waals surface area (Å²) >= 11 is 0. The molecule has 1 fully saturated rings. The fourth-order valence-corrected chi connectivity index (χ4v) is 6.03. The average molecular weight is 590 g/mol. The number of aryl methyl sites for hydroxylation is 2. The number of carbonyl (C=O) groups excluding carboxylic acids is 3. The lowest BCUT2D eigenvalue weighted by Gasteiger charge is -2.39. The highest BCUT2D eigenvalue weighted by atomic mass is 32.2. The molecule has 0 aliphatic carbocycles. The number of carbonyl (C=O) groups is 3. The molecule has 2 aromatic rings. The van der Waals surface area contributed by atoms with Gasteiger partial charge in [0.25, 0.3) is 5.91 Å². The second-order valence-electron chi connectivity index (χ2n) is 9.78. The maximum absolute atomic E-state index is 13.6. The molecule has 3 atom stereocenters. The number of aromatic nitrogens is 1. The van der Waals surface area contributed by atoms with E-state index in [-0.39, 0.29) is 48.1 Å². The molecule has 1 aromatic carbocycles. The molecule has 3 heterocycles. The maximum atomic E-state index is 13.6. The topological polar surface area (TPSA) is 139 Å². The van der Waals surface area contributed by atoms with Gasteiger partial charge in [-0.25, -0.2) is 17.5 Å². The molecule has 4 rings (SSSR count). The first-order chi connectivity index (χ1) is 18.6. The quantitative estimate of drug-likeness (QED) is 0.368. The summed E-state index contributed by atoms with van der Waals surface area (Å²) < 4.78 is 88.2. The number of fused-ring (bicyclic) bond motifs is 2. The Balaban J connectivity index is 1.53. The van der Waals surface area contributed by atoms with E-state index < -0.39 is 57.7 Å². The van der Waals surface area contributed by atoms with Crippen LogP contribution in [-0.4, -0.2) is 73.6 Å². The van der Waals surface area contributed by atoms with E-state index in [1.165, 1.54) is 42.9 Å². The van der Waals surface area contributed by atoms with E-state index in [4.69, 9.17) is 4.74 Å². The number of likely N-dealkylation sites (tertiary alicyclic amines) is 1. The Morgan fingerprint density at radius 1 is 1.23 bits per heavy atom. The second kappa shape index (κ2) is 10.7. The van der Waals surface area contributed by atoms with E-state index >= 15 is 0 Å². The molecule has 3 N–H and O–H groups in total. The number of halogens is 4. The summed E-state index contributed by atoms with van der Waals surface area (Å²) in [5.74, 6) is -4.50. The number of benzene rings is 1. The van der Waals surface area contributed by atoms with Crippen molar-refractivity contribution in [2.45, 2.75) is 43.4 Å². The normalized spacial score (nSPS) is 21.1. The molecule has 2 aliphatic heterocycles. The molecular weight excluding hydrogens is 562 g/mol. The van der Waals surface area contributed by atoms with Gasteiger partial charge in [0.05, 0.1) is 6.61 Å². The average Bonchev–Trinajstić information content (AvgIpc) is 3.20. The first kappa shape index (κ1) is 29.3. The molecular formula is C24H27F4N5O6S. The Hall–Kier alpha value is -3.66. The van der Waals surface area contributed by atoms with Gasteiger partial charge in [-0.3, -0.25) is 14.4 Å². The lowest BCUT2D eigenvalue weighted by Crippen LogP contribution is -2.58. The maximum Gasteiger partial charge on any atom is 0.408 e. The summed E-state index contributed by atoms with van der Waals surface area (Å²) in [6.07, 6.45) is -3.39. The van der Waals surface area contributed by atoms with Gasteiger partial charge >= 0.3 is 18.0 Å². The summed E-state index contributed by atoms with van der Waals surface area (Å²) in [6, 6.07) is 0.801. The number of amides is 3. The summed E-state index contributed by atoms with van der Waals surface area (Å²) in [5.41, 5.74) is 0.492. The number of nitrogens with zero attached hydrogens (tertiary/aromatic N) is 2. The summed E-state index contributed by atoms with van der Waals surface area (Å²) in [4.78, 5) is 38.4. The third-order valence-corrected chi connectivity index (χ3v) is 8.33. The first-order valence-electron chi connectivity index (χ1n) is 12.2. The number of anilines is 1. The van der Waals surface area contributed by atoms with Crippen LogP contribution in [0.3, 0.4) is 0 Å². The number of alkyl halides is 3. The molecule has 0 saturated carbocycles. The van der Waals surface area contributed by atoms with E-state index in [1.54, 1.807) is 5.32 Å². The van der Waals surface area contributed by atoms with Gasteiger partial charge in [0, 0.05) is 44.0 Å². The van der Waals surface area contributed by atoms with Crippen LogP contribution in [0.25, 0.3) is 0 Å². The lowest BCUT2D eigenvalue weighted by molar-refractivity contribution is -0.162. The number of nitrogens with one attached hydrogen (secondary N) is 3. The smallest absolute Gasteiger partial charge is 0.408 e. The Bertz CT molecular complexity index is 1460. The van der Waals surface area contributed by atoms with Gasteiger partial charge in [-0.05, 0) is 44.0 Å². The van der Waals surface area contributed by atoms with Crippen molar-refractivity contribution in [1.82, 2.24) is 19.5 Å². The number of ether oxygens (including phenoxy) is 1. The molecule has 2 unspecified atom stereocenters. The number of piperidine rings is 1. The third kappa shape index (κ3) is 5.91. The third-order valence-electron chi connectivity index (χ3n) is 6.85. The van der Waals surface area contributed by atoms with Crippen LogP contribution >= 0.6 is 0 Å². The van der Waals surface area contributed by atoms with E-state index in [0.29, 0.717) is 12.5 Å². The number of hydrogen-bond acceptors (Lipinski definition) is 6. The predicted octanol–water partition coefficient (Wildman–Crippen LogP) is 1.68. The number of hydrogen-bond donors (Lipinski definition) is 3. The fraction of sp³-hybridized carbons (Fsp3) is 0.458. The van der Waals surface area contributed by atoms with Gasteiger partial charge in [-0.15, -0.1) is 0 Å². The van der Waals surface area contributed by atoms with Gasteiger partial charge in [-0.1, -0.05) is 0 Å². The van der Waals surface area contributed by atoms with Crippen molar-refractivity contribution in [2.24, 2.45) is 13.0 Å². The van der Waals surface area contributed by atoms with Crippen LogP contribution in [0, 0.1) is 18.7 Å². The molecule has 1 aromatic heterocycles. The molecule has 2 aliphatic rings. The van der Waals surface area contributed by atoms with E-state index in [9.17, 15) is 40.4 Å². The zero-order valence-electron chi connectivity index (χ0n) is 21.6.